The number of carbonyl (C=O) groups excluding carboxylic acids is 2. The van der Waals surface area contributed by atoms with Crippen LogP contribution in [0, 0.1) is 0 Å². The molecule has 21 saturated heterocycles. The highest BCUT2D eigenvalue weighted by atomic mass is 32.1. The second-order valence-corrected chi connectivity index (χ2v) is 27.5. The van der Waals surface area contributed by atoms with Crippen molar-refractivity contribution in [1.29, 1.82) is 0 Å². The number of carbonyl (C=O) groups is 2. The van der Waals surface area contributed by atoms with Gasteiger partial charge in [-0.25, -0.2) is 9.97 Å². The van der Waals surface area contributed by atoms with Gasteiger partial charge < -0.3 is 190 Å². The summed E-state index contributed by atoms with van der Waals surface area (Å²) in [5, 5.41) is 233. The van der Waals surface area contributed by atoms with E-state index in [0.29, 0.717) is 27.1 Å². The number of rotatable bonds is 6. The lowest BCUT2D eigenvalue weighted by Gasteiger charge is -2.50. The molecule has 24 aliphatic rings. The zero-order valence-electron chi connectivity index (χ0n) is 53.8. The molecular formula is C58H84N8O35S2. The van der Waals surface area contributed by atoms with Gasteiger partial charge >= 0.3 is 0 Å². The number of hydrogen-bond donors (Lipinski definition) is 25. The largest absolute Gasteiger partial charge is 0.394 e. The molecule has 26 heterocycles. The Morgan fingerprint density at radius 3 is 0.874 bits per heavy atom. The second-order valence-electron chi connectivity index (χ2n) is 25.6. The van der Waals surface area contributed by atoms with Crippen LogP contribution in [0.25, 0.3) is 0 Å². The first kappa shape index (κ1) is 78.1. The van der Waals surface area contributed by atoms with E-state index in [2.05, 4.69) is 36.7 Å². The van der Waals surface area contributed by atoms with Crippen molar-refractivity contribution in [2.24, 2.45) is 5.84 Å². The average molecular weight is 1520 g/mol. The van der Waals surface area contributed by atoms with Crippen LogP contribution in [0.3, 0.4) is 0 Å². The third-order valence-corrected chi connectivity index (χ3v) is 20.6. The summed E-state index contributed by atoms with van der Waals surface area (Å²) in [4.78, 5) is 37.0. The fourth-order valence-electron chi connectivity index (χ4n) is 13.3. The number of nitrogens with zero attached hydrogens (tertiary/aromatic N) is 2. The van der Waals surface area contributed by atoms with Gasteiger partial charge in [0.2, 0.25) is 0 Å². The minimum absolute atomic E-state index is 0.0274. The van der Waals surface area contributed by atoms with Gasteiger partial charge in [-0.05, 0) is 18.2 Å². The van der Waals surface area contributed by atoms with Gasteiger partial charge in [0, 0.05) is 35.2 Å². The van der Waals surface area contributed by atoms with E-state index in [1.165, 1.54) is 10.8 Å². The predicted octanol–water partition coefficient (Wildman–Crippen LogP) is -12.6. The van der Waals surface area contributed by atoms with Crippen molar-refractivity contribution in [3.63, 3.8) is 0 Å². The predicted molar refractivity (Wildman–Crippen MR) is 332 cm³/mol. The molecule has 2 aromatic heterocycles. The molecule has 3 aromatic rings. The van der Waals surface area contributed by atoms with Crippen molar-refractivity contribution >= 4 is 51.6 Å². The number of aromatic nitrogens is 2. The molecule has 22 bridgehead atoms. The Morgan fingerprint density at radius 2 is 0.612 bits per heavy atom. The second kappa shape index (κ2) is 33.5. The normalized spacial score (nSPS) is 45.4. The fraction of sp³-hybridized carbons (Fsp3) is 0.759. The Balaban J connectivity index is 0.918. The van der Waals surface area contributed by atoms with Gasteiger partial charge in [-0.2, -0.15) is 0 Å². The first-order valence-electron chi connectivity index (χ1n) is 32.6. The van der Waals surface area contributed by atoms with Crippen LogP contribution in [0.15, 0.2) is 29.0 Å². The Hall–Kier alpha value is -4.54. The summed E-state index contributed by atoms with van der Waals surface area (Å²) in [6.07, 6.45) is -73.1. The van der Waals surface area contributed by atoms with E-state index < -0.39 is 273 Å². The number of thiazole rings is 2. The number of aliphatic hydroxyl groups excluding tert-OH is 19. The maximum Gasteiger partial charge on any atom is 0.270 e. The van der Waals surface area contributed by atoms with Gasteiger partial charge in [-0.15, -0.1) is 22.7 Å². The molecule has 26 N–H and O–H groups in total. The number of hydrogen-bond acceptors (Lipinski definition) is 43. The number of hydrazine groups is 1. The molecule has 43 nitrogen and oxygen atoms in total. The van der Waals surface area contributed by atoms with E-state index >= 15 is 0 Å². The molecule has 24 aliphatic heterocycles. The smallest absolute Gasteiger partial charge is 0.270 e. The molecule has 27 rings (SSSR count). The van der Waals surface area contributed by atoms with Gasteiger partial charge in [0.05, 0.1) is 51.8 Å². The minimum Gasteiger partial charge on any atom is -0.394 e. The molecule has 2 amide bonds. The third kappa shape index (κ3) is 16.3. The molecule has 35 atom stereocenters. The van der Waals surface area contributed by atoms with Crippen LogP contribution in [0.5, 0.6) is 0 Å². The molecule has 45 heteroatoms. The van der Waals surface area contributed by atoms with E-state index in [1.54, 1.807) is 18.2 Å². The van der Waals surface area contributed by atoms with Crippen LogP contribution in [0.2, 0.25) is 0 Å². The summed E-state index contributed by atoms with van der Waals surface area (Å²) >= 11 is 2.11. The zero-order valence-corrected chi connectivity index (χ0v) is 55.4. The van der Waals surface area contributed by atoms with E-state index in [1.807, 2.05) is 0 Å². The first-order chi connectivity index (χ1) is 49.3. The summed E-state index contributed by atoms with van der Waals surface area (Å²) < 4.78 is 83.1. The van der Waals surface area contributed by atoms with E-state index in [0.717, 1.165) is 22.7 Å². The van der Waals surface area contributed by atoms with Gasteiger partial charge in [0.15, 0.2) is 44.0 Å². The van der Waals surface area contributed by atoms with Crippen molar-refractivity contribution in [1.82, 2.24) is 20.6 Å². The van der Waals surface area contributed by atoms with Crippen molar-refractivity contribution in [3.8, 4) is 0 Å². The topological polar surface area (TPSA) is 660 Å². The molecule has 1 aromatic carbocycles. The van der Waals surface area contributed by atoms with Crippen LogP contribution in [-0.2, 0) is 79.4 Å². The van der Waals surface area contributed by atoms with Gasteiger partial charge in [-0.1, -0.05) is 0 Å². The summed E-state index contributed by atoms with van der Waals surface area (Å²) in [7, 11) is 0. The number of anilines is 3. The average Bonchev–Trinajstić information content (AvgIpc) is 1.10. The summed E-state index contributed by atoms with van der Waals surface area (Å²) in [5.41, 5.74) is 3.66. The highest BCUT2D eigenvalue weighted by Gasteiger charge is 2.60. The van der Waals surface area contributed by atoms with Crippen molar-refractivity contribution in [2.75, 3.05) is 62.2 Å². The van der Waals surface area contributed by atoms with Crippen LogP contribution in [0.4, 0.5) is 17.1 Å². The molecule has 0 radical (unpaired) electrons. The lowest BCUT2D eigenvalue weighted by molar-refractivity contribution is -0.395. The Labute approximate surface area is 589 Å². The quantitative estimate of drug-likeness (QED) is 0.0805. The molecule has 21 fully saturated rings. The number of benzene rings is 1. The van der Waals surface area contributed by atoms with Gasteiger partial charge in [0.1, 0.15) is 192 Å². The van der Waals surface area contributed by atoms with E-state index in [9.17, 15) is 107 Å². The fourth-order valence-corrected chi connectivity index (χ4v) is 14.7. The SMILES string of the molecule is NNc1cc2cc(c1)NCc1nc(cs1)C(=O)NC[C@H]1O[C@@H]3O[C@H]4C(O)C(O)[C@H](O[C@@H]4CO)O[C@H]4C(O)C(O)[C@H](O[C@@H]4CO)O[C@H]4C(O)C(O)[C@H](O[C@@H]4CO)O[C@H]4C(O)C(O)[C@H](O[C@@H]4CNC(=O)c4csc(n4)CN2)O[C@H]2C(O)C(O)[C@H](O[C@@H]2CO)O[C@H]2C(O)C(O)[C@H](O[C@@H]2CO)O[C@H]1C(O)C3O. The van der Waals surface area contributed by atoms with E-state index in [-0.39, 0.29) is 24.5 Å². The summed E-state index contributed by atoms with van der Waals surface area (Å²) in [6, 6.07) is 5.00. The standard InChI is InChI=1S/C58H84N8O35S2/c59-66-17-2-15-1-16(3-17)61-7-28-65-19(14-103-28)51(87)63-5-21-44-29(72)36(79)52(88-21)97-45-22(8-67)92-56(40(83)33(45)76)99-47-24(10-69)90-54(38(81)31(47)74)95-43-20(4-62-50(86)18-13-102-27(64-18)6-60-15)89-53(37(80)30(43)73)98-46-23(9-68)93-57(41(84)34(46)77)101-49-26(12-71)94-58(42(85)35(49)78)100-48-25(11-70)91-55(96-44)39(82)32(48)75/h1-3,13-14,20-26,29-49,52-58,60-61,66-85H,4-12,59H2,(H,62,86)(H,63,87)/t20-,21-,22-,23-,24-,25-,26-,29?,30?,31?,32?,33?,34?,35?,36?,37?,38?,39?,40?,41?,42?,43-,44-,45-,46-,47-,48-,49-,52-,53-,54-,55-,56-,57-,58-/m1/s1. The van der Waals surface area contributed by atoms with Crippen molar-refractivity contribution < 1.29 is 173 Å². The number of nitrogen functional groups attached to an aromatic ring is 1. The molecule has 103 heavy (non-hydrogen) atoms. The summed E-state index contributed by atoms with van der Waals surface area (Å²) in [5.74, 6) is 4.10. The van der Waals surface area contributed by atoms with Crippen LogP contribution in [0.1, 0.15) is 31.0 Å². The van der Waals surface area contributed by atoms with Gasteiger partial charge in [0.25, 0.3) is 11.8 Å². The van der Waals surface area contributed by atoms with Crippen molar-refractivity contribution in [3.05, 3.63) is 50.4 Å². The maximum absolute atomic E-state index is 14.0. The highest BCUT2D eigenvalue weighted by molar-refractivity contribution is 7.10. The minimum atomic E-state index is -2.30. The molecule has 0 spiro atoms. The van der Waals surface area contributed by atoms with Gasteiger partial charge in [-0.3, -0.25) is 15.4 Å². The first-order valence-corrected chi connectivity index (χ1v) is 34.4. The lowest BCUT2D eigenvalue weighted by atomic mass is 9.95. The number of nitrogens with one attached hydrogen (secondary N) is 5. The molecular weight excluding hydrogens is 1430 g/mol. The number of ether oxygens (including phenoxy) is 14. The number of nitrogens with two attached hydrogens (primary N) is 1. The number of aliphatic hydroxyl groups is 19. The Bertz CT molecular complexity index is 3260. The maximum atomic E-state index is 14.0. The molecule has 578 valence electrons. The Morgan fingerprint density at radius 1 is 0.359 bits per heavy atom. The summed E-state index contributed by atoms with van der Waals surface area (Å²) in [6.45, 7) is -6.89. The molecule has 0 saturated carbocycles. The van der Waals surface area contributed by atoms with Crippen LogP contribution < -0.4 is 32.5 Å². The molecule has 14 unspecified atom stereocenters. The van der Waals surface area contributed by atoms with Crippen LogP contribution >= 0.6 is 22.7 Å². The Kier molecular flexibility index (Phi) is 25.4. The van der Waals surface area contributed by atoms with Crippen molar-refractivity contribution in [2.45, 2.75) is 228 Å². The number of amides is 2. The lowest BCUT2D eigenvalue weighted by Crippen LogP contribution is -2.68. The van der Waals surface area contributed by atoms with Crippen LogP contribution in [-0.4, -0.2) is 380 Å². The third-order valence-electron chi connectivity index (χ3n) is 18.9. The van der Waals surface area contributed by atoms with E-state index in [4.69, 9.17) is 72.2 Å². The highest BCUT2D eigenvalue weighted by Crippen LogP contribution is 2.40. The molecule has 0 aliphatic carbocycles. The zero-order chi connectivity index (χ0) is 73.6. The monoisotopic (exact) mass is 1520 g/mol.